The molecule has 2 aromatic heterocycles. The van der Waals surface area contributed by atoms with E-state index in [2.05, 4.69) is 4.98 Å². The number of rotatable bonds is 5. The topological polar surface area (TPSA) is 81.5 Å². The second-order valence-corrected chi connectivity index (χ2v) is 9.98. The molecule has 0 bridgehead atoms. The Bertz CT molecular complexity index is 1230. The minimum atomic E-state index is -4.19. The van der Waals surface area contributed by atoms with Crippen molar-refractivity contribution in [2.75, 3.05) is 7.05 Å². The van der Waals surface area contributed by atoms with Crippen molar-refractivity contribution in [3.63, 3.8) is 0 Å². The molecule has 3 aromatic rings. The maximum atomic E-state index is 14.4. The van der Waals surface area contributed by atoms with Crippen molar-refractivity contribution in [2.45, 2.75) is 37.8 Å². The molecule has 32 heavy (non-hydrogen) atoms. The van der Waals surface area contributed by atoms with Gasteiger partial charge < -0.3 is 9.64 Å². The van der Waals surface area contributed by atoms with E-state index in [0.29, 0.717) is 5.56 Å². The van der Waals surface area contributed by atoms with Gasteiger partial charge in [0.2, 0.25) is 5.95 Å². The normalized spacial score (nSPS) is 11.9. The molecule has 0 N–H and O–H groups in total. The number of hydrogen-bond acceptors (Lipinski definition) is 5. The van der Waals surface area contributed by atoms with E-state index in [0.717, 1.165) is 28.2 Å². The molecule has 0 spiro atoms. The van der Waals surface area contributed by atoms with E-state index < -0.39 is 33.5 Å². The highest BCUT2D eigenvalue weighted by atomic mass is 32.2. The van der Waals surface area contributed by atoms with Crippen LogP contribution in [0.25, 0.3) is 11.3 Å². The molecule has 0 saturated carbocycles. The molecule has 0 aliphatic carbocycles. The van der Waals surface area contributed by atoms with Gasteiger partial charge in [-0.25, -0.2) is 26.6 Å². The molecule has 0 unspecified atom stereocenters. The van der Waals surface area contributed by atoms with Gasteiger partial charge in [-0.15, -0.1) is 0 Å². The van der Waals surface area contributed by atoms with Crippen molar-refractivity contribution >= 4 is 16.1 Å². The molecule has 0 aliphatic rings. The van der Waals surface area contributed by atoms with Crippen LogP contribution in [0.15, 0.2) is 59.8 Å². The number of hydrogen-bond donors (Lipinski definition) is 0. The first-order valence-electron chi connectivity index (χ1n) is 9.66. The molecular formula is C22H23F2N3O4S. The van der Waals surface area contributed by atoms with Gasteiger partial charge in [-0.2, -0.15) is 4.39 Å². The van der Waals surface area contributed by atoms with E-state index in [1.165, 1.54) is 42.5 Å². The zero-order valence-electron chi connectivity index (χ0n) is 18.0. The van der Waals surface area contributed by atoms with Gasteiger partial charge in [0.15, 0.2) is 0 Å². The van der Waals surface area contributed by atoms with E-state index >= 15 is 0 Å². The molecule has 1 amide bonds. The fraction of sp³-hybridized carbons (Fsp3) is 0.273. The van der Waals surface area contributed by atoms with Crippen molar-refractivity contribution in [3.8, 4) is 11.3 Å². The monoisotopic (exact) mass is 463 g/mol. The molecule has 0 saturated heterocycles. The summed E-state index contributed by atoms with van der Waals surface area (Å²) in [6, 6.07) is 8.64. The van der Waals surface area contributed by atoms with Gasteiger partial charge in [0, 0.05) is 19.4 Å². The predicted octanol–water partition coefficient (Wildman–Crippen LogP) is 4.43. The molecule has 1 aromatic carbocycles. The minimum Gasteiger partial charge on any atom is -0.444 e. The third kappa shape index (κ3) is 5.13. The van der Waals surface area contributed by atoms with E-state index in [9.17, 15) is 22.0 Å². The number of nitrogens with zero attached hydrogens (tertiary/aromatic N) is 3. The van der Waals surface area contributed by atoms with Crippen LogP contribution in [-0.4, -0.2) is 41.0 Å². The van der Waals surface area contributed by atoms with Crippen LogP contribution in [-0.2, 0) is 21.3 Å². The van der Waals surface area contributed by atoms with Gasteiger partial charge in [0.25, 0.3) is 10.0 Å². The maximum absolute atomic E-state index is 14.4. The van der Waals surface area contributed by atoms with Gasteiger partial charge >= 0.3 is 6.09 Å². The zero-order chi connectivity index (χ0) is 23.7. The highest BCUT2D eigenvalue weighted by Crippen LogP contribution is 2.29. The largest absolute Gasteiger partial charge is 0.444 e. The van der Waals surface area contributed by atoms with E-state index in [4.69, 9.17) is 4.74 Å². The summed E-state index contributed by atoms with van der Waals surface area (Å²) in [5, 5.41) is 0. The molecule has 170 valence electrons. The first kappa shape index (κ1) is 23.4. The first-order chi connectivity index (χ1) is 14.9. The van der Waals surface area contributed by atoms with Crippen molar-refractivity contribution in [1.29, 1.82) is 0 Å². The third-order valence-electron chi connectivity index (χ3n) is 4.37. The summed E-state index contributed by atoms with van der Waals surface area (Å²) in [7, 11) is -2.69. The van der Waals surface area contributed by atoms with Gasteiger partial charge in [0.05, 0.1) is 22.7 Å². The Morgan fingerprint density at radius 3 is 2.41 bits per heavy atom. The molecule has 0 radical (unpaired) electrons. The number of halogens is 2. The number of carbonyl (C=O) groups is 1. The van der Waals surface area contributed by atoms with Crippen molar-refractivity contribution in [2.24, 2.45) is 0 Å². The van der Waals surface area contributed by atoms with Crippen molar-refractivity contribution in [3.05, 3.63) is 72.2 Å². The second-order valence-electron chi connectivity index (χ2n) is 8.17. The molecule has 0 fully saturated rings. The molecule has 2 heterocycles. The van der Waals surface area contributed by atoms with Gasteiger partial charge in [-0.05, 0) is 68.8 Å². The lowest BCUT2D eigenvalue weighted by atomic mass is 10.2. The molecule has 3 rings (SSSR count). The molecule has 0 atom stereocenters. The van der Waals surface area contributed by atoms with Crippen molar-refractivity contribution < 1.29 is 26.7 Å². The Balaban J connectivity index is 2.06. The van der Waals surface area contributed by atoms with Crippen LogP contribution < -0.4 is 0 Å². The fourth-order valence-electron chi connectivity index (χ4n) is 2.95. The Hall–Kier alpha value is -3.27. The lowest BCUT2D eigenvalue weighted by molar-refractivity contribution is 0.0285. The summed E-state index contributed by atoms with van der Waals surface area (Å²) >= 11 is 0. The number of ether oxygens (including phenoxy) is 1. The lowest BCUT2D eigenvalue weighted by Crippen LogP contribution is -2.33. The number of pyridine rings is 1. The van der Waals surface area contributed by atoms with E-state index in [-0.39, 0.29) is 22.7 Å². The number of carbonyl (C=O) groups excluding carboxylic acids is 1. The smallest absolute Gasteiger partial charge is 0.410 e. The average Bonchev–Trinajstić information content (AvgIpc) is 3.11. The van der Waals surface area contributed by atoms with Crippen LogP contribution >= 0.6 is 0 Å². The first-order valence-corrected chi connectivity index (χ1v) is 11.1. The third-order valence-corrected chi connectivity index (χ3v) is 6.06. The van der Waals surface area contributed by atoms with E-state index in [1.54, 1.807) is 20.8 Å². The van der Waals surface area contributed by atoms with Crippen LogP contribution in [0.1, 0.15) is 26.3 Å². The number of aromatic nitrogens is 2. The summed E-state index contributed by atoms with van der Waals surface area (Å²) in [5.74, 6) is -1.44. The summed E-state index contributed by atoms with van der Waals surface area (Å²) in [6.07, 6.45) is 1.94. The molecular weight excluding hydrogens is 440 g/mol. The van der Waals surface area contributed by atoms with Gasteiger partial charge in [-0.1, -0.05) is 0 Å². The highest BCUT2D eigenvalue weighted by Gasteiger charge is 2.25. The Morgan fingerprint density at radius 2 is 1.81 bits per heavy atom. The summed E-state index contributed by atoms with van der Waals surface area (Å²) in [4.78, 5) is 17.0. The standard InChI is InChI=1S/C22H23F2N3O4S/c1-22(2,3)31-21(28)26(4)13-15-12-19(18-6-5-11-25-20(18)24)27(14-15)32(29,30)17-9-7-16(23)8-10-17/h5-12,14H,13H2,1-4H3. The van der Waals surface area contributed by atoms with Crippen LogP contribution in [0.3, 0.4) is 0 Å². The number of benzene rings is 1. The van der Waals surface area contributed by atoms with Crippen LogP contribution in [0, 0.1) is 11.8 Å². The average molecular weight is 464 g/mol. The van der Waals surface area contributed by atoms with Crippen LogP contribution in [0.4, 0.5) is 13.6 Å². The molecule has 10 heteroatoms. The summed E-state index contributed by atoms with van der Waals surface area (Å²) in [5.41, 5.74) is -0.299. The van der Waals surface area contributed by atoms with Gasteiger partial charge in [-0.3, -0.25) is 0 Å². The SMILES string of the molecule is CN(Cc1cc(-c2cccnc2F)n(S(=O)(=O)c2ccc(F)cc2)c1)C(=O)OC(C)(C)C. The quantitative estimate of drug-likeness (QED) is 0.523. The Labute approximate surface area is 185 Å². The molecule has 7 nitrogen and oxygen atoms in total. The predicted molar refractivity (Wildman–Crippen MR) is 114 cm³/mol. The second kappa shape index (κ2) is 8.70. The number of amides is 1. The van der Waals surface area contributed by atoms with Crippen molar-refractivity contribution in [1.82, 2.24) is 13.9 Å². The lowest BCUT2D eigenvalue weighted by Gasteiger charge is -2.24. The Morgan fingerprint density at radius 1 is 1.16 bits per heavy atom. The zero-order valence-corrected chi connectivity index (χ0v) is 18.9. The summed E-state index contributed by atoms with van der Waals surface area (Å²) in [6.45, 7) is 5.20. The maximum Gasteiger partial charge on any atom is 0.410 e. The molecule has 0 aliphatic heterocycles. The summed E-state index contributed by atoms with van der Waals surface area (Å²) < 4.78 is 60.5. The van der Waals surface area contributed by atoms with Crippen LogP contribution in [0.2, 0.25) is 0 Å². The fourth-order valence-corrected chi connectivity index (χ4v) is 4.35. The Kier molecular flexibility index (Phi) is 6.36. The van der Waals surface area contributed by atoms with E-state index in [1.807, 2.05) is 0 Å². The van der Waals surface area contributed by atoms with Gasteiger partial charge in [0.1, 0.15) is 11.4 Å². The highest BCUT2D eigenvalue weighted by molar-refractivity contribution is 7.90. The van der Waals surface area contributed by atoms with Crippen LogP contribution in [0.5, 0.6) is 0 Å². The minimum absolute atomic E-state index is 0.00966.